The number of amides is 1. The van der Waals surface area contributed by atoms with E-state index in [1.165, 1.54) is 5.69 Å². The van der Waals surface area contributed by atoms with Crippen molar-refractivity contribution in [1.82, 2.24) is 5.32 Å². The van der Waals surface area contributed by atoms with Gasteiger partial charge in [-0.05, 0) is 30.7 Å². The van der Waals surface area contributed by atoms with Gasteiger partial charge < -0.3 is 10.2 Å². The Hall–Kier alpha value is -2.29. The standard InChI is InChI=1S/C17H18N2O/c20-17(14-7-3-1-4-8-14)18-15-11-12-19(13-15)16-9-5-2-6-10-16/h1-10,15H,11-13H2,(H,18,20). The van der Waals surface area contributed by atoms with Gasteiger partial charge in [0.1, 0.15) is 0 Å². The molecule has 3 heteroatoms. The van der Waals surface area contributed by atoms with E-state index in [0.29, 0.717) is 0 Å². The molecule has 1 atom stereocenters. The first-order chi connectivity index (χ1) is 9.83. The van der Waals surface area contributed by atoms with E-state index in [1.807, 2.05) is 48.5 Å². The zero-order valence-corrected chi connectivity index (χ0v) is 11.3. The molecule has 1 aliphatic heterocycles. The summed E-state index contributed by atoms with van der Waals surface area (Å²) in [6.45, 7) is 1.87. The Morgan fingerprint density at radius 2 is 1.65 bits per heavy atom. The third-order valence-corrected chi connectivity index (χ3v) is 3.68. The SMILES string of the molecule is O=C(NC1CCN(c2ccccc2)C1)c1ccccc1. The number of hydrogen-bond acceptors (Lipinski definition) is 2. The predicted octanol–water partition coefficient (Wildman–Crippen LogP) is 2.70. The Morgan fingerprint density at radius 1 is 1.00 bits per heavy atom. The molecular weight excluding hydrogens is 248 g/mol. The third-order valence-electron chi connectivity index (χ3n) is 3.68. The second-order valence-corrected chi connectivity index (χ2v) is 5.11. The van der Waals surface area contributed by atoms with Crippen LogP contribution in [0.25, 0.3) is 0 Å². The van der Waals surface area contributed by atoms with Crippen LogP contribution in [0.3, 0.4) is 0 Å². The highest BCUT2D eigenvalue weighted by molar-refractivity contribution is 5.94. The molecular formula is C17H18N2O. The van der Waals surface area contributed by atoms with Gasteiger partial charge in [0.2, 0.25) is 0 Å². The van der Waals surface area contributed by atoms with Gasteiger partial charge in [0.15, 0.2) is 0 Å². The van der Waals surface area contributed by atoms with Crippen LogP contribution in [0, 0.1) is 0 Å². The highest BCUT2D eigenvalue weighted by Gasteiger charge is 2.24. The molecule has 1 amide bonds. The molecule has 1 saturated heterocycles. The first-order valence-electron chi connectivity index (χ1n) is 6.99. The van der Waals surface area contributed by atoms with E-state index in [-0.39, 0.29) is 11.9 Å². The van der Waals surface area contributed by atoms with E-state index in [9.17, 15) is 4.79 Å². The molecule has 1 unspecified atom stereocenters. The maximum Gasteiger partial charge on any atom is 0.251 e. The lowest BCUT2D eigenvalue weighted by Crippen LogP contribution is -2.37. The van der Waals surface area contributed by atoms with E-state index in [2.05, 4.69) is 22.3 Å². The van der Waals surface area contributed by atoms with Gasteiger partial charge in [-0.3, -0.25) is 4.79 Å². The summed E-state index contributed by atoms with van der Waals surface area (Å²) in [6, 6.07) is 20.0. The molecule has 1 aliphatic rings. The van der Waals surface area contributed by atoms with Crippen molar-refractivity contribution in [2.24, 2.45) is 0 Å². The highest BCUT2D eigenvalue weighted by atomic mass is 16.1. The van der Waals surface area contributed by atoms with Crippen LogP contribution in [0.4, 0.5) is 5.69 Å². The molecule has 1 fully saturated rings. The van der Waals surface area contributed by atoms with Crippen LogP contribution in [-0.4, -0.2) is 25.0 Å². The summed E-state index contributed by atoms with van der Waals surface area (Å²) in [5.74, 6) is 0.0190. The minimum Gasteiger partial charge on any atom is -0.369 e. The van der Waals surface area contributed by atoms with Gasteiger partial charge in [-0.2, -0.15) is 0 Å². The number of carbonyl (C=O) groups excluding carboxylic acids is 1. The van der Waals surface area contributed by atoms with Crippen LogP contribution in [0.5, 0.6) is 0 Å². The number of anilines is 1. The van der Waals surface area contributed by atoms with Crippen LogP contribution >= 0.6 is 0 Å². The summed E-state index contributed by atoms with van der Waals surface area (Å²) in [5, 5.41) is 3.11. The van der Waals surface area contributed by atoms with Crippen molar-refractivity contribution < 1.29 is 4.79 Å². The molecule has 0 aromatic heterocycles. The number of para-hydroxylation sites is 1. The van der Waals surface area contributed by atoms with Gasteiger partial charge in [-0.25, -0.2) is 0 Å². The Bertz CT molecular complexity index is 568. The second-order valence-electron chi connectivity index (χ2n) is 5.11. The third kappa shape index (κ3) is 2.82. The normalized spacial score (nSPS) is 18.0. The summed E-state index contributed by atoms with van der Waals surface area (Å²) in [4.78, 5) is 14.4. The van der Waals surface area contributed by atoms with E-state index in [1.54, 1.807) is 0 Å². The lowest BCUT2D eigenvalue weighted by molar-refractivity contribution is 0.0940. The smallest absolute Gasteiger partial charge is 0.251 e. The fourth-order valence-electron chi connectivity index (χ4n) is 2.61. The zero-order valence-electron chi connectivity index (χ0n) is 11.3. The topological polar surface area (TPSA) is 32.3 Å². The molecule has 0 bridgehead atoms. The van der Waals surface area contributed by atoms with Crippen LogP contribution in [-0.2, 0) is 0 Å². The summed E-state index contributed by atoms with van der Waals surface area (Å²) in [7, 11) is 0. The summed E-state index contributed by atoms with van der Waals surface area (Å²) < 4.78 is 0. The van der Waals surface area contributed by atoms with Crippen molar-refractivity contribution in [2.75, 3.05) is 18.0 Å². The van der Waals surface area contributed by atoms with E-state index < -0.39 is 0 Å². The fraction of sp³-hybridized carbons (Fsp3) is 0.235. The average Bonchev–Trinajstić information content (AvgIpc) is 2.97. The van der Waals surface area contributed by atoms with Gasteiger partial charge in [0, 0.05) is 30.4 Å². The number of benzene rings is 2. The number of carbonyl (C=O) groups is 1. The van der Waals surface area contributed by atoms with Gasteiger partial charge in [0.05, 0.1) is 0 Å². The highest BCUT2D eigenvalue weighted by Crippen LogP contribution is 2.19. The molecule has 2 aromatic carbocycles. The van der Waals surface area contributed by atoms with E-state index in [0.717, 1.165) is 25.1 Å². The minimum atomic E-state index is 0.0190. The molecule has 20 heavy (non-hydrogen) atoms. The van der Waals surface area contributed by atoms with Crippen molar-refractivity contribution in [3.8, 4) is 0 Å². The largest absolute Gasteiger partial charge is 0.369 e. The molecule has 3 rings (SSSR count). The molecule has 3 nitrogen and oxygen atoms in total. The molecule has 0 radical (unpaired) electrons. The predicted molar refractivity (Wildman–Crippen MR) is 81.0 cm³/mol. The van der Waals surface area contributed by atoms with E-state index >= 15 is 0 Å². The van der Waals surface area contributed by atoms with Crippen LogP contribution < -0.4 is 10.2 Å². The van der Waals surface area contributed by atoms with Crippen molar-refractivity contribution in [2.45, 2.75) is 12.5 Å². The summed E-state index contributed by atoms with van der Waals surface area (Å²) >= 11 is 0. The second kappa shape index (κ2) is 5.78. The first-order valence-corrected chi connectivity index (χ1v) is 6.99. The van der Waals surface area contributed by atoms with E-state index in [4.69, 9.17) is 0 Å². The lowest BCUT2D eigenvalue weighted by atomic mass is 10.2. The van der Waals surface area contributed by atoms with Crippen LogP contribution in [0.2, 0.25) is 0 Å². The molecule has 0 aliphatic carbocycles. The van der Waals surface area contributed by atoms with Gasteiger partial charge >= 0.3 is 0 Å². The Kier molecular flexibility index (Phi) is 3.68. The molecule has 0 spiro atoms. The first kappa shape index (κ1) is 12.7. The van der Waals surface area contributed by atoms with Crippen molar-refractivity contribution in [3.05, 3.63) is 66.2 Å². The maximum atomic E-state index is 12.1. The fourth-order valence-corrected chi connectivity index (χ4v) is 2.61. The molecule has 1 heterocycles. The molecule has 2 aromatic rings. The number of rotatable bonds is 3. The van der Waals surface area contributed by atoms with Crippen LogP contribution in [0.15, 0.2) is 60.7 Å². The minimum absolute atomic E-state index is 0.0190. The Balaban J connectivity index is 1.60. The lowest BCUT2D eigenvalue weighted by Gasteiger charge is -2.19. The van der Waals surface area contributed by atoms with Gasteiger partial charge in [0.25, 0.3) is 5.91 Å². The number of hydrogen-bond donors (Lipinski definition) is 1. The van der Waals surface area contributed by atoms with Crippen LogP contribution in [0.1, 0.15) is 16.8 Å². The Morgan fingerprint density at radius 3 is 2.35 bits per heavy atom. The zero-order chi connectivity index (χ0) is 13.8. The van der Waals surface area contributed by atoms with Gasteiger partial charge in [-0.15, -0.1) is 0 Å². The van der Waals surface area contributed by atoms with Gasteiger partial charge in [-0.1, -0.05) is 36.4 Å². The average molecular weight is 266 g/mol. The van der Waals surface area contributed by atoms with Crippen molar-refractivity contribution >= 4 is 11.6 Å². The summed E-state index contributed by atoms with van der Waals surface area (Å²) in [5.41, 5.74) is 1.95. The molecule has 1 N–H and O–H groups in total. The number of nitrogens with one attached hydrogen (secondary N) is 1. The molecule has 102 valence electrons. The quantitative estimate of drug-likeness (QED) is 0.926. The molecule has 0 saturated carbocycles. The van der Waals surface area contributed by atoms with Crippen molar-refractivity contribution in [1.29, 1.82) is 0 Å². The maximum absolute atomic E-state index is 12.1. The number of nitrogens with zero attached hydrogens (tertiary/aromatic N) is 1. The van der Waals surface area contributed by atoms with Crippen molar-refractivity contribution in [3.63, 3.8) is 0 Å². The summed E-state index contributed by atoms with van der Waals surface area (Å²) in [6.07, 6.45) is 0.994. The monoisotopic (exact) mass is 266 g/mol. The Labute approximate surface area is 119 Å².